The molecule has 0 bridgehead atoms. The van der Waals surface area contributed by atoms with Crippen molar-refractivity contribution in [1.82, 2.24) is 25.2 Å². The number of para-hydroxylation sites is 1. The highest BCUT2D eigenvalue weighted by Gasteiger charge is 2.34. The van der Waals surface area contributed by atoms with Crippen LogP contribution in [0.3, 0.4) is 0 Å². The minimum absolute atomic E-state index is 0.0856. The number of hydrogen-bond donors (Lipinski definition) is 2. The molecule has 0 fully saturated rings. The van der Waals surface area contributed by atoms with Crippen molar-refractivity contribution in [2.24, 2.45) is 11.1 Å². The zero-order chi connectivity index (χ0) is 21.9. The molecule has 2 amide bonds. The number of carbonyl (C=O) groups excluding carboxylic acids is 2. The molecule has 10 heteroatoms. The van der Waals surface area contributed by atoms with Crippen LogP contribution in [0.1, 0.15) is 66.7 Å². The van der Waals surface area contributed by atoms with E-state index in [0.29, 0.717) is 24.8 Å². The molecule has 3 aromatic rings. The number of aryl methyl sites for hydroxylation is 1. The summed E-state index contributed by atoms with van der Waals surface area (Å²) in [6, 6.07) is 8.84. The van der Waals surface area contributed by atoms with Gasteiger partial charge >= 0.3 is 0 Å². The summed E-state index contributed by atoms with van der Waals surface area (Å²) in [4.78, 5) is 28.5. The molecule has 156 valence electrons. The van der Waals surface area contributed by atoms with Crippen molar-refractivity contribution in [1.29, 1.82) is 5.26 Å². The summed E-state index contributed by atoms with van der Waals surface area (Å²) in [6.45, 7) is 6.20. The van der Waals surface area contributed by atoms with Crippen molar-refractivity contribution >= 4 is 22.7 Å². The van der Waals surface area contributed by atoms with E-state index in [4.69, 9.17) is 15.5 Å². The molecule has 0 spiro atoms. The second-order valence-electron chi connectivity index (χ2n) is 7.94. The second-order valence-corrected chi connectivity index (χ2v) is 7.94. The van der Waals surface area contributed by atoms with Gasteiger partial charge in [0.05, 0.1) is 11.6 Å². The maximum Gasteiger partial charge on any atom is 0.290 e. The molecule has 0 radical (unpaired) electrons. The van der Waals surface area contributed by atoms with Crippen molar-refractivity contribution < 1.29 is 14.1 Å². The van der Waals surface area contributed by atoms with Crippen LogP contribution in [-0.4, -0.2) is 31.7 Å². The van der Waals surface area contributed by atoms with Crippen molar-refractivity contribution in [3.63, 3.8) is 0 Å². The highest BCUT2D eigenvalue weighted by atomic mass is 16.5. The Kier molecular flexibility index (Phi) is 5.82. The van der Waals surface area contributed by atoms with Gasteiger partial charge in [-0.3, -0.25) is 14.3 Å². The molecule has 10 nitrogen and oxygen atoms in total. The van der Waals surface area contributed by atoms with Crippen LogP contribution in [0.4, 0.5) is 0 Å². The van der Waals surface area contributed by atoms with Gasteiger partial charge in [0, 0.05) is 18.4 Å². The SMILES string of the molecule is CC(C)(C)C(NC(=O)c1nn(CCCC#N)c2ccccc12)c1nc(C(N)=O)no1. The summed E-state index contributed by atoms with van der Waals surface area (Å²) in [5.74, 6) is -1.39. The topological polar surface area (TPSA) is 153 Å². The molecule has 2 heterocycles. The third kappa shape index (κ3) is 4.30. The van der Waals surface area contributed by atoms with E-state index in [1.54, 1.807) is 4.68 Å². The molecule has 1 unspecified atom stereocenters. The number of aromatic nitrogens is 4. The fourth-order valence-corrected chi connectivity index (χ4v) is 3.07. The number of benzene rings is 1. The smallest absolute Gasteiger partial charge is 0.290 e. The minimum Gasteiger partial charge on any atom is -0.363 e. The molecule has 0 aliphatic carbocycles. The lowest BCUT2D eigenvalue weighted by Gasteiger charge is -2.28. The number of hydrogen-bond acceptors (Lipinski definition) is 7. The lowest BCUT2D eigenvalue weighted by molar-refractivity contribution is 0.0875. The molecular weight excluding hydrogens is 386 g/mol. The Morgan fingerprint density at radius 3 is 2.70 bits per heavy atom. The normalized spacial score (nSPS) is 12.5. The van der Waals surface area contributed by atoms with Gasteiger partial charge < -0.3 is 15.6 Å². The summed E-state index contributed by atoms with van der Waals surface area (Å²) >= 11 is 0. The fourth-order valence-electron chi connectivity index (χ4n) is 3.07. The number of unbranched alkanes of at least 4 members (excludes halogenated alkanes) is 1. The van der Waals surface area contributed by atoms with Crippen LogP contribution in [0.15, 0.2) is 28.8 Å². The van der Waals surface area contributed by atoms with Crippen LogP contribution in [0.2, 0.25) is 0 Å². The molecule has 0 aliphatic rings. The number of nitrogens with zero attached hydrogens (tertiary/aromatic N) is 5. The van der Waals surface area contributed by atoms with Crippen LogP contribution >= 0.6 is 0 Å². The molecule has 1 atom stereocenters. The highest BCUT2D eigenvalue weighted by molar-refractivity contribution is 6.05. The zero-order valence-electron chi connectivity index (χ0n) is 17.0. The zero-order valence-corrected chi connectivity index (χ0v) is 17.0. The van der Waals surface area contributed by atoms with Crippen molar-refractivity contribution in [3.05, 3.63) is 41.7 Å². The maximum absolute atomic E-state index is 13.2. The minimum atomic E-state index is -0.814. The van der Waals surface area contributed by atoms with Gasteiger partial charge in [0.1, 0.15) is 6.04 Å². The largest absolute Gasteiger partial charge is 0.363 e. The van der Waals surface area contributed by atoms with E-state index in [1.165, 1.54) is 0 Å². The first-order valence-corrected chi connectivity index (χ1v) is 9.49. The summed E-state index contributed by atoms with van der Waals surface area (Å²) in [7, 11) is 0. The van der Waals surface area contributed by atoms with Gasteiger partial charge in [0.2, 0.25) is 5.89 Å². The third-order valence-electron chi connectivity index (χ3n) is 4.58. The molecule has 1 aromatic carbocycles. The first-order valence-electron chi connectivity index (χ1n) is 9.49. The van der Waals surface area contributed by atoms with Crippen molar-refractivity contribution in [2.45, 2.75) is 46.2 Å². The molecule has 2 aromatic heterocycles. The van der Waals surface area contributed by atoms with Gasteiger partial charge in [-0.25, -0.2) is 0 Å². The number of nitrogens with two attached hydrogens (primary N) is 1. The van der Waals surface area contributed by atoms with E-state index in [9.17, 15) is 9.59 Å². The number of carbonyl (C=O) groups is 2. The average Bonchev–Trinajstić information content (AvgIpc) is 3.31. The van der Waals surface area contributed by atoms with Gasteiger partial charge in [0.25, 0.3) is 17.6 Å². The third-order valence-corrected chi connectivity index (χ3v) is 4.58. The summed E-state index contributed by atoms with van der Waals surface area (Å²) in [5.41, 5.74) is 5.76. The molecule has 3 N–H and O–H groups in total. The second kappa shape index (κ2) is 8.32. The first-order chi connectivity index (χ1) is 14.2. The molecule has 0 saturated carbocycles. The number of amides is 2. The number of nitrogens with one attached hydrogen (secondary N) is 1. The van der Waals surface area contributed by atoms with Crippen molar-refractivity contribution in [2.75, 3.05) is 0 Å². The first kappa shape index (κ1) is 21.0. The summed E-state index contributed by atoms with van der Waals surface area (Å²) in [6.07, 6.45) is 1.03. The van der Waals surface area contributed by atoms with E-state index >= 15 is 0 Å². The van der Waals surface area contributed by atoms with Crippen LogP contribution in [0.25, 0.3) is 10.9 Å². The van der Waals surface area contributed by atoms with Crippen molar-refractivity contribution in [3.8, 4) is 6.07 Å². The van der Waals surface area contributed by atoms with E-state index < -0.39 is 23.3 Å². The lowest BCUT2D eigenvalue weighted by atomic mass is 9.86. The van der Waals surface area contributed by atoms with Gasteiger partial charge in [-0.05, 0) is 17.9 Å². The predicted octanol–water partition coefficient (Wildman–Crippen LogP) is 2.34. The molecule has 3 rings (SSSR count). The Labute approximate surface area is 173 Å². The maximum atomic E-state index is 13.2. The lowest BCUT2D eigenvalue weighted by Crippen LogP contribution is -2.37. The Hall–Kier alpha value is -3.74. The van der Waals surface area contributed by atoms with Gasteiger partial charge in [-0.2, -0.15) is 15.3 Å². The monoisotopic (exact) mass is 409 g/mol. The summed E-state index contributed by atoms with van der Waals surface area (Å²) in [5, 5.41) is 20.4. The van der Waals surface area contributed by atoms with Gasteiger partial charge in [-0.15, -0.1) is 0 Å². The average molecular weight is 409 g/mol. The van der Waals surface area contributed by atoms with Crippen LogP contribution in [0, 0.1) is 16.7 Å². The van der Waals surface area contributed by atoms with Crippen LogP contribution in [-0.2, 0) is 6.54 Å². The number of primary amides is 1. The molecule has 0 saturated heterocycles. The number of rotatable bonds is 7. The van der Waals surface area contributed by atoms with E-state index in [2.05, 4.69) is 26.6 Å². The molecule has 0 aliphatic heterocycles. The van der Waals surface area contributed by atoms with E-state index in [0.717, 1.165) is 5.52 Å². The van der Waals surface area contributed by atoms with E-state index in [-0.39, 0.29) is 17.4 Å². The van der Waals surface area contributed by atoms with E-state index in [1.807, 2.05) is 45.0 Å². The fraction of sp³-hybridized carbons (Fsp3) is 0.400. The standard InChI is InChI=1S/C20H23N7O3/c1-20(2,3)15(19-24-17(16(22)28)26-30-19)23-18(29)14-12-8-4-5-9-13(12)27(25-14)11-7-6-10-21/h4-5,8-9,15H,6-7,11H2,1-3H3,(H2,22,28)(H,23,29). The highest BCUT2D eigenvalue weighted by Crippen LogP contribution is 2.32. The molecule has 30 heavy (non-hydrogen) atoms. The van der Waals surface area contributed by atoms with Crippen LogP contribution in [0.5, 0.6) is 0 Å². The van der Waals surface area contributed by atoms with Gasteiger partial charge in [-0.1, -0.05) is 44.1 Å². The Balaban J connectivity index is 1.93. The summed E-state index contributed by atoms with van der Waals surface area (Å²) < 4.78 is 6.90. The number of fused-ring (bicyclic) bond motifs is 1. The number of nitriles is 1. The quantitative estimate of drug-likeness (QED) is 0.568. The van der Waals surface area contributed by atoms with Gasteiger partial charge in [0.15, 0.2) is 5.69 Å². The predicted molar refractivity (Wildman–Crippen MR) is 107 cm³/mol. The Bertz CT molecular complexity index is 1120. The molecular formula is C20H23N7O3. The Morgan fingerprint density at radius 1 is 1.33 bits per heavy atom. The van der Waals surface area contributed by atoms with Crippen LogP contribution < -0.4 is 11.1 Å². The Morgan fingerprint density at radius 2 is 2.07 bits per heavy atom.